The standard InChI is InChI=1S/C23H23ClN2O3/c24-20-8-2-6-18(13-20)22(27)15-25-10-11-26-21-9-3-5-17(14-21)16-4-1-7-19(12-16)23(28)29/h1-9,12-14,22,25-27H,10-11,15H2,(H,28,29)/t22-/m0/s1/i2D,3D,5D,6D,8D,9D,13D,14D,15D2,22D. The van der Waals surface area contributed by atoms with Crippen LogP contribution >= 0.6 is 11.6 Å². The number of nitrogens with one attached hydrogen (secondary N) is 2. The van der Waals surface area contributed by atoms with E-state index in [1.807, 2.05) is 0 Å². The SMILES string of the molecule is [2H]c1c([2H])c(NCCNC([2H])([2H])[C@]([2H])(O)c2c([2H])c([2H])c([2H])c(Cl)c2[2H])c([2H])c(-c2cccc(C(=O)O)c2)c1[2H]. The molecule has 1 atom stereocenters. The number of carboxylic acid groups (broad SMARTS) is 1. The molecule has 0 saturated carbocycles. The van der Waals surface area contributed by atoms with Gasteiger partial charge >= 0.3 is 5.97 Å². The van der Waals surface area contributed by atoms with Crippen LogP contribution in [0.3, 0.4) is 0 Å². The third-order valence-electron chi connectivity index (χ3n) is 3.61. The zero-order chi connectivity index (χ0) is 30.3. The lowest BCUT2D eigenvalue weighted by Crippen LogP contribution is -2.26. The zero-order valence-electron chi connectivity index (χ0n) is 25.9. The highest BCUT2D eigenvalue weighted by Crippen LogP contribution is 2.23. The number of hydrogen-bond donors (Lipinski definition) is 4. The van der Waals surface area contributed by atoms with Gasteiger partial charge in [0.25, 0.3) is 0 Å². The maximum atomic E-state index is 11.4. The first kappa shape index (κ1) is 10.8. The first-order valence-electron chi connectivity index (χ1n) is 13.9. The monoisotopic (exact) mass is 421 g/mol. The molecule has 0 spiro atoms. The summed E-state index contributed by atoms with van der Waals surface area (Å²) in [6.07, 6.45) is -3.29. The van der Waals surface area contributed by atoms with E-state index in [0.717, 1.165) is 0 Å². The first-order valence-corrected chi connectivity index (χ1v) is 8.75. The Morgan fingerprint density at radius 2 is 2.00 bits per heavy atom. The maximum absolute atomic E-state index is 11.4. The van der Waals surface area contributed by atoms with Crippen molar-refractivity contribution in [2.24, 2.45) is 0 Å². The maximum Gasteiger partial charge on any atom is 0.335 e. The van der Waals surface area contributed by atoms with E-state index in [1.54, 1.807) is 0 Å². The fraction of sp³-hybridized carbons (Fsp3) is 0.174. The van der Waals surface area contributed by atoms with Crippen LogP contribution in [0.4, 0.5) is 5.69 Å². The van der Waals surface area contributed by atoms with Gasteiger partial charge in [-0.25, -0.2) is 4.79 Å². The van der Waals surface area contributed by atoms with Gasteiger partial charge in [0.1, 0.15) is 0 Å². The van der Waals surface area contributed by atoms with Gasteiger partial charge in [-0.05, 0) is 53.0 Å². The molecule has 0 aliphatic rings. The molecule has 3 aromatic rings. The zero-order valence-corrected chi connectivity index (χ0v) is 15.7. The van der Waals surface area contributed by atoms with Crippen LogP contribution < -0.4 is 10.6 Å². The van der Waals surface area contributed by atoms with Crippen LogP contribution in [0, 0.1) is 0 Å². The van der Waals surface area contributed by atoms with Crippen molar-refractivity contribution in [3.8, 4) is 11.1 Å². The molecule has 150 valence electrons. The molecule has 29 heavy (non-hydrogen) atoms. The second-order valence-corrected chi connectivity index (χ2v) is 6.03. The summed E-state index contributed by atoms with van der Waals surface area (Å²) in [6, 6.07) is 0.332. The number of aliphatic hydroxyl groups is 1. The van der Waals surface area contributed by atoms with E-state index in [0.29, 0.717) is 0 Å². The van der Waals surface area contributed by atoms with Crippen molar-refractivity contribution >= 4 is 23.3 Å². The lowest BCUT2D eigenvalue weighted by molar-refractivity contribution is 0.0697. The van der Waals surface area contributed by atoms with Gasteiger partial charge in [-0.15, -0.1) is 0 Å². The van der Waals surface area contributed by atoms with Gasteiger partial charge in [-0.3, -0.25) is 0 Å². The van der Waals surface area contributed by atoms with Crippen molar-refractivity contribution < 1.29 is 30.1 Å². The van der Waals surface area contributed by atoms with Crippen LogP contribution in [0.5, 0.6) is 0 Å². The van der Waals surface area contributed by atoms with E-state index in [1.165, 1.54) is 24.3 Å². The number of hydrogen-bond acceptors (Lipinski definition) is 4. The molecule has 3 rings (SSSR count). The average molecular weight is 422 g/mol. The predicted octanol–water partition coefficient (Wildman–Crippen LogP) is 4.44. The summed E-state index contributed by atoms with van der Waals surface area (Å²) in [4.78, 5) is 11.4. The molecular formula is C23H23ClN2O3. The fourth-order valence-electron chi connectivity index (χ4n) is 2.28. The van der Waals surface area contributed by atoms with E-state index in [-0.39, 0.29) is 41.5 Å². The summed E-state index contributed by atoms with van der Waals surface area (Å²) in [5.74, 6) is -1.23. The molecule has 3 aromatic carbocycles. The summed E-state index contributed by atoms with van der Waals surface area (Å²) < 4.78 is 89.1. The second kappa shape index (κ2) is 10.1. The van der Waals surface area contributed by atoms with Crippen LogP contribution in [0.1, 0.15) is 37.1 Å². The van der Waals surface area contributed by atoms with Gasteiger partial charge in [0.05, 0.1) is 24.0 Å². The van der Waals surface area contributed by atoms with Gasteiger partial charge in [-0.1, -0.05) is 47.9 Å². The first-order chi connectivity index (χ1) is 18.5. The van der Waals surface area contributed by atoms with E-state index in [9.17, 15) is 15.0 Å². The van der Waals surface area contributed by atoms with Gasteiger partial charge in [-0.2, -0.15) is 0 Å². The number of carboxylic acids is 1. The van der Waals surface area contributed by atoms with Crippen LogP contribution in [0.15, 0.2) is 72.6 Å². The third-order valence-corrected chi connectivity index (χ3v) is 3.80. The molecule has 6 heteroatoms. The van der Waals surface area contributed by atoms with Gasteiger partial charge in [0.2, 0.25) is 0 Å². The van der Waals surface area contributed by atoms with Crippen molar-refractivity contribution in [3.63, 3.8) is 0 Å². The largest absolute Gasteiger partial charge is 0.478 e. The van der Waals surface area contributed by atoms with Gasteiger partial charge in [0.15, 0.2) is 0 Å². The lowest BCUT2D eigenvalue weighted by atomic mass is 10.0. The highest BCUT2D eigenvalue weighted by Gasteiger charge is 2.07. The van der Waals surface area contributed by atoms with E-state index < -0.39 is 71.4 Å². The summed E-state index contributed by atoms with van der Waals surface area (Å²) in [5.41, 5.74) is -1.14. The molecule has 0 heterocycles. The summed E-state index contributed by atoms with van der Waals surface area (Å²) in [7, 11) is 0. The Balaban J connectivity index is 1.87. The van der Waals surface area contributed by atoms with Crippen molar-refractivity contribution in [2.45, 2.75) is 6.08 Å². The smallest absolute Gasteiger partial charge is 0.335 e. The number of rotatable bonds is 9. The Morgan fingerprint density at radius 3 is 2.83 bits per heavy atom. The van der Waals surface area contributed by atoms with Crippen LogP contribution in [-0.4, -0.2) is 35.8 Å². The molecule has 0 aliphatic carbocycles. The quantitative estimate of drug-likeness (QED) is 0.384. The normalized spacial score (nSPS) is 18.8. The third kappa shape index (κ3) is 6.06. The van der Waals surface area contributed by atoms with E-state index >= 15 is 0 Å². The Kier molecular flexibility index (Phi) is 3.75. The predicted molar refractivity (Wildman–Crippen MR) is 117 cm³/mol. The minimum atomic E-state index is -3.29. The van der Waals surface area contributed by atoms with Crippen molar-refractivity contribution in [1.82, 2.24) is 5.32 Å². The second-order valence-electron chi connectivity index (χ2n) is 5.65. The summed E-state index contributed by atoms with van der Waals surface area (Å²) in [5, 5.41) is 24.3. The van der Waals surface area contributed by atoms with E-state index in [4.69, 9.17) is 26.7 Å². The van der Waals surface area contributed by atoms with Gasteiger partial charge in [0, 0.05) is 33.0 Å². The minimum absolute atomic E-state index is 0.0951. The minimum Gasteiger partial charge on any atom is -0.478 e. The molecule has 0 saturated heterocycles. The van der Waals surface area contributed by atoms with Crippen LogP contribution in [0.2, 0.25) is 5.02 Å². The molecule has 5 nitrogen and oxygen atoms in total. The molecule has 0 aromatic heterocycles. The summed E-state index contributed by atoms with van der Waals surface area (Å²) in [6.45, 7) is -3.61. The molecule has 0 radical (unpaired) electrons. The molecule has 0 amide bonds. The Hall–Kier alpha value is -2.86. The van der Waals surface area contributed by atoms with Crippen LogP contribution in [0.25, 0.3) is 11.1 Å². The Labute approximate surface area is 190 Å². The fourth-order valence-corrected chi connectivity index (χ4v) is 2.42. The molecule has 0 aliphatic heterocycles. The average Bonchev–Trinajstić information content (AvgIpc) is 2.89. The number of carbonyl (C=O) groups is 1. The Morgan fingerprint density at radius 1 is 1.17 bits per heavy atom. The topological polar surface area (TPSA) is 81.6 Å². The molecular weight excluding hydrogens is 388 g/mol. The number of anilines is 1. The van der Waals surface area contributed by atoms with Crippen molar-refractivity contribution in [3.05, 3.63) is 88.8 Å². The molecule has 0 unspecified atom stereocenters. The van der Waals surface area contributed by atoms with Crippen LogP contribution in [-0.2, 0) is 0 Å². The summed E-state index contributed by atoms with van der Waals surface area (Å²) >= 11 is 5.83. The number of halogens is 1. The lowest BCUT2D eigenvalue weighted by Gasteiger charge is -2.13. The molecule has 0 bridgehead atoms. The molecule has 0 fully saturated rings. The van der Waals surface area contributed by atoms with Gasteiger partial charge < -0.3 is 20.8 Å². The highest BCUT2D eigenvalue weighted by atomic mass is 35.5. The highest BCUT2D eigenvalue weighted by molar-refractivity contribution is 6.30. The van der Waals surface area contributed by atoms with Crippen molar-refractivity contribution in [2.75, 3.05) is 24.9 Å². The molecule has 4 N–H and O–H groups in total. The van der Waals surface area contributed by atoms with E-state index in [2.05, 4.69) is 10.6 Å². The Bertz CT molecular complexity index is 1470. The number of aromatic carboxylic acids is 1. The number of benzene rings is 3. The van der Waals surface area contributed by atoms with Crippen molar-refractivity contribution in [1.29, 1.82) is 0 Å².